The lowest BCUT2D eigenvalue weighted by atomic mass is 10.2. The van der Waals surface area contributed by atoms with E-state index in [9.17, 15) is 4.79 Å². The molecule has 0 N–H and O–H groups in total. The van der Waals surface area contributed by atoms with Gasteiger partial charge in [0, 0.05) is 30.9 Å². The van der Waals surface area contributed by atoms with Crippen molar-refractivity contribution in [3.8, 4) is 5.75 Å². The van der Waals surface area contributed by atoms with E-state index in [0.29, 0.717) is 23.2 Å². The average molecular weight is 358 g/mol. The van der Waals surface area contributed by atoms with Crippen molar-refractivity contribution in [2.75, 3.05) is 26.2 Å². The molecule has 0 spiro atoms. The van der Waals surface area contributed by atoms with Gasteiger partial charge in [0.1, 0.15) is 12.4 Å². The average Bonchev–Trinajstić information content (AvgIpc) is 3.32. The number of nitrogens with zero attached hydrogens (tertiary/aromatic N) is 4. The highest BCUT2D eigenvalue weighted by molar-refractivity contribution is 5.92. The molecule has 2 aromatic heterocycles. The number of hydrogen-bond donors (Lipinski definition) is 0. The molecule has 0 radical (unpaired) electrons. The van der Waals surface area contributed by atoms with Crippen LogP contribution in [0.25, 0.3) is 0 Å². The molecular weight excluding hydrogens is 332 g/mol. The summed E-state index contributed by atoms with van der Waals surface area (Å²) in [6.45, 7) is 9.95. The van der Waals surface area contributed by atoms with Crippen LogP contribution in [-0.4, -0.2) is 58.1 Å². The Labute approximate surface area is 153 Å². The van der Waals surface area contributed by atoms with Gasteiger partial charge in [0.2, 0.25) is 0 Å². The van der Waals surface area contributed by atoms with E-state index in [2.05, 4.69) is 28.9 Å². The second kappa shape index (κ2) is 8.31. The predicted octanol–water partition coefficient (Wildman–Crippen LogP) is 2.51. The van der Waals surface area contributed by atoms with Gasteiger partial charge in [0.25, 0.3) is 5.91 Å². The number of likely N-dealkylation sites (N-methyl/N-ethyl adjacent to an activating group) is 1. The Morgan fingerprint density at radius 3 is 2.88 bits per heavy atom. The van der Waals surface area contributed by atoms with Gasteiger partial charge in [0.05, 0.1) is 6.20 Å². The van der Waals surface area contributed by atoms with Crippen molar-refractivity contribution in [2.45, 2.75) is 39.8 Å². The van der Waals surface area contributed by atoms with Gasteiger partial charge in [-0.1, -0.05) is 19.0 Å². The van der Waals surface area contributed by atoms with Gasteiger partial charge in [-0.05, 0) is 38.6 Å². The van der Waals surface area contributed by atoms with E-state index in [1.54, 1.807) is 12.3 Å². The Hall–Kier alpha value is -2.41. The molecule has 1 atom stereocenters. The molecular formula is C19H26N4O3. The molecule has 0 aliphatic carbocycles. The van der Waals surface area contributed by atoms with E-state index in [4.69, 9.17) is 9.26 Å². The van der Waals surface area contributed by atoms with Gasteiger partial charge in [0.15, 0.2) is 11.5 Å². The zero-order chi connectivity index (χ0) is 18.5. The first-order valence-electron chi connectivity index (χ1n) is 9.15. The lowest BCUT2D eigenvalue weighted by Gasteiger charge is -2.25. The minimum Gasteiger partial charge on any atom is -0.484 e. The molecule has 2 aromatic rings. The summed E-state index contributed by atoms with van der Waals surface area (Å²) in [5.41, 5.74) is 1.27. The highest BCUT2D eigenvalue weighted by Crippen LogP contribution is 2.19. The molecule has 7 heteroatoms. The summed E-state index contributed by atoms with van der Waals surface area (Å²) in [6, 6.07) is 5.82. The Kier molecular flexibility index (Phi) is 5.88. The van der Waals surface area contributed by atoms with Gasteiger partial charge < -0.3 is 14.2 Å². The number of ether oxygens (including phenoxy) is 1. The molecule has 0 unspecified atom stereocenters. The summed E-state index contributed by atoms with van der Waals surface area (Å²) in [5.74, 6) is 1.10. The number of aromatic nitrogens is 2. The van der Waals surface area contributed by atoms with Crippen LogP contribution < -0.4 is 4.74 Å². The normalized spacial score (nSPS) is 17.1. The maximum Gasteiger partial charge on any atom is 0.276 e. The van der Waals surface area contributed by atoms with E-state index in [0.717, 1.165) is 38.3 Å². The van der Waals surface area contributed by atoms with Crippen LogP contribution in [0, 0.1) is 6.92 Å². The number of likely N-dealkylation sites (tertiary alicyclic amines) is 1. The molecule has 1 aliphatic heterocycles. The van der Waals surface area contributed by atoms with E-state index in [1.165, 1.54) is 0 Å². The topological polar surface area (TPSA) is 71.7 Å². The van der Waals surface area contributed by atoms with Crippen molar-refractivity contribution in [1.82, 2.24) is 19.9 Å². The highest BCUT2D eigenvalue weighted by Gasteiger charge is 2.31. The Morgan fingerprint density at radius 1 is 1.38 bits per heavy atom. The molecule has 1 saturated heterocycles. The van der Waals surface area contributed by atoms with E-state index in [-0.39, 0.29) is 12.5 Å². The van der Waals surface area contributed by atoms with Crippen molar-refractivity contribution < 1.29 is 14.1 Å². The Morgan fingerprint density at radius 2 is 2.19 bits per heavy atom. The van der Waals surface area contributed by atoms with Gasteiger partial charge in [-0.2, -0.15) is 0 Å². The van der Waals surface area contributed by atoms with Crippen molar-refractivity contribution in [2.24, 2.45) is 0 Å². The van der Waals surface area contributed by atoms with E-state index >= 15 is 0 Å². The first-order chi connectivity index (χ1) is 12.6. The molecule has 140 valence electrons. The minimum atomic E-state index is -0.0772. The smallest absolute Gasteiger partial charge is 0.276 e. The van der Waals surface area contributed by atoms with Gasteiger partial charge in [-0.3, -0.25) is 14.7 Å². The van der Waals surface area contributed by atoms with Crippen molar-refractivity contribution in [3.05, 3.63) is 41.5 Å². The first kappa shape index (κ1) is 18.4. The number of carbonyl (C=O) groups excluding carboxylic acids is 1. The highest BCUT2D eigenvalue weighted by atomic mass is 16.5. The van der Waals surface area contributed by atoms with E-state index < -0.39 is 0 Å². The quantitative estimate of drug-likeness (QED) is 0.757. The fourth-order valence-corrected chi connectivity index (χ4v) is 3.30. The first-order valence-corrected chi connectivity index (χ1v) is 9.15. The fraction of sp³-hybridized carbons (Fsp3) is 0.526. The van der Waals surface area contributed by atoms with Crippen molar-refractivity contribution >= 4 is 5.91 Å². The predicted molar refractivity (Wildman–Crippen MR) is 97.0 cm³/mol. The Bertz CT molecular complexity index is 725. The number of rotatable bonds is 7. The summed E-state index contributed by atoms with van der Waals surface area (Å²) in [4.78, 5) is 21.1. The summed E-state index contributed by atoms with van der Waals surface area (Å²) in [5, 5.41) is 3.92. The van der Waals surface area contributed by atoms with Crippen molar-refractivity contribution in [3.63, 3.8) is 0 Å². The zero-order valence-corrected chi connectivity index (χ0v) is 15.6. The molecule has 7 nitrogen and oxygen atoms in total. The maximum atomic E-state index is 12.7. The zero-order valence-electron chi connectivity index (χ0n) is 15.6. The standard InChI is InChI=1S/C19H26N4O3/c1-4-22(5-2)15-8-9-23(12-15)19(24)18-10-17(26-21-18)13-25-16-7-6-14(3)20-11-16/h6-7,10-11,15H,4-5,8-9,12-13H2,1-3H3/t15-/m0/s1. The van der Waals surface area contributed by atoms with Crippen LogP contribution in [0.3, 0.4) is 0 Å². The number of amides is 1. The van der Waals surface area contributed by atoms with Gasteiger partial charge in [-0.15, -0.1) is 0 Å². The number of pyridine rings is 1. The lowest BCUT2D eigenvalue weighted by Crippen LogP contribution is -2.38. The number of aryl methyl sites for hydroxylation is 1. The van der Waals surface area contributed by atoms with Crippen molar-refractivity contribution in [1.29, 1.82) is 0 Å². The summed E-state index contributed by atoms with van der Waals surface area (Å²) < 4.78 is 10.9. The second-order valence-electron chi connectivity index (χ2n) is 6.52. The van der Waals surface area contributed by atoms with E-state index in [1.807, 2.05) is 24.0 Å². The third-order valence-electron chi connectivity index (χ3n) is 4.82. The fourth-order valence-electron chi connectivity index (χ4n) is 3.30. The van der Waals surface area contributed by atoms with Crippen LogP contribution >= 0.6 is 0 Å². The second-order valence-corrected chi connectivity index (χ2v) is 6.52. The summed E-state index contributed by atoms with van der Waals surface area (Å²) >= 11 is 0. The third kappa shape index (κ3) is 4.22. The molecule has 0 bridgehead atoms. The Balaban J connectivity index is 1.55. The van der Waals surface area contributed by atoms with Crippen LogP contribution in [0.1, 0.15) is 42.2 Å². The van der Waals surface area contributed by atoms with Crippen LogP contribution in [0.4, 0.5) is 0 Å². The molecule has 0 aromatic carbocycles. The summed E-state index contributed by atoms with van der Waals surface area (Å²) in [6.07, 6.45) is 2.66. The largest absolute Gasteiger partial charge is 0.484 e. The molecule has 1 amide bonds. The number of hydrogen-bond acceptors (Lipinski definition) is 6. The van der Waals surface area contributed by atoms with Crippen LogP contribution in [0.2, 0.25) is 0 Å². The molecule has 26 heavy (non-hydrogen) atoms. The molecule has 3 rings (SSSR count). The summed E-state index contributed by atoms with van der Waals surface area (Å²) in [7, 11) is 0. The molecule has 1 aliphatic rings. The third-order valence-corrected chi connectivity index (χ3v) is 4.82. The number of carbonyl (C=O) groups is 1. The van der Waals surface area contributed by atoms with Gasteiger partial charge >= 0.3 is 0 Å². The van der Waals surface area contributed by atoms with Crippen LogP contribution in [0.5, 0.6) is 5.75 Å². The lowest BCUT2D eigenvalue weighted by molar-refractivity contribution is 0.0767. The minimum absolute atomic E-state index is 0.0772. The molecule has 1 fully saturated rings. The molecule has 3 heterocycles. The van der Waals surface area contributed by atoms with Crippen LogP contribution in [-0.2, 0) is 6.61 Å². The van der Waals surface area contributed by atoms with Gasteiger partial charge in [-0.25, -0.2) is 0 Å². The molecule has 0 saturated carbocycles. The monoisotopic (exact) mass is 358 g/mol. The van der Waals surface area contributed by atoms with Crippen LogP contribution in [0.15, 0.2) is 28.9 Å². The SMILES string of the molecule is CCN(CC)[C@H]1CCN(C(=O)c2cc(COc3ccc(C)nc3)on2)C1. The maximum absolute atomic E-state index is 12.7.